The van der Waals surface area contributed by atoms with Crippen molar-refractivity contribution in [1.29, 1.82) is 0 Å². The second-order valence-electron chi connectivity index (χ2n) is 2.77. The highest BCUT2D eigenvalue weighted by molar-refractivity contribution is 7.80. The van der Waals surface area contributed by atoms with Gasteiger partial charge in [0.1, 0.15) is 0 Å². The van der Waals surface area contributed by atoms with Crippen LogP contribution in [0.25, 0.3) is 0 Å². The molecule has 0 aliphatic carbocycles. The van der Waals surface area contributed by atoms with Crippen molar-refractivity contribution in [3.63, 3.8) is 0 Å². The largest absolute Gasteiger partial charge is 0.307 e. The van der Waals surface area contributed by atoms with Gasteiger partial charge in [-0.05, 0) is 13.8 Å². The van der Waals surface area contributed by atoms with Crippen molar-refractivity contribution in [3.8, 4) is 0 Å². The van der Waals surface area contributed by atoms with E-state index in [9.17, 15) is 4.79 Å². The van der Waals surface area contributed by atoms with Crippen LogP contribution < -0.4 is 4.87 Å². The molecule has 13 heavy (non-hydrogen) atoms. The Bertz CT molecular complexity index is 362. The van der Waals surface area contributed by atoms with Crippen molar-refractivity contribution in [2.75, 3.05) is 5.75 Å². The zero-order chi connectivity index (χ0) is 9.84. The van der Waals surface area contributed by atoms with E-state index in [2.05, 4.69) is 12.6 Å². The second kappa shape index (κ2) is 4.67. The molecule has 2 nitrogen and oxygen atoms in total. The Morgan fingerprint density at radius 1 is 1.46 bits per heavy atom. The number of hydrogen-bond donors (Lipinski definition) is 1. The molecule has 0 aromatic carbocycles. The van der Waals surface area contributed by atoms with Crippen molar-refractivity contribution >= 4 is 24.0 Å². The van der Waals surface area contributed by atoms with Crippen molar-refractivity contribution < 1.29 is 0 Å². The molecule has 0 amide bonds. The van der Waals surface area contributed by atoms with Crippen LogP contribution in [0.15, 0.2) is 16.9 Å². The fourth-order valence-electron chi connectivity index (χ4n) is 1.05. The van der Waals surface area contributed by atoms with Crippen LogP contribution in [0.2, 0.25) is 0 Å². The first-order valence-electron chi connectivity index (χ1n) is 4.09. The molecule has 0 saturated carbocycles. The third kappa shape index (κ3) is 2.48. The van der Waals surface area contributed by atoms with Gasteiger partial charge in [-0.3, -0.25) is 9.36 Å². The van der Waals surface area contributed by atoms with Crippen LogP contribution in [-0.2, 0) is 6.54 Å². The number of thiazole rings is 1. The zero-order valence-corrected chi connectivity index (χ0v) is 9.49. The van der Waals surface area contributed by atoms with Crippen LogP contribution in [0.5, 0.6) is 0 Å². The van der Waals surface area contributed by atoms with E-state index in [0.717, 1.165) is 16.3 Å². The number of nitrogens with zero attached hydrogens (tertiary/aromatic N) is 1. The van der Waals surface area contributed by atoms with Crippen molar-refractivity contribution in [3.05, 3.63) is 32.4 Å². The molecule has 1 rings (SSSR count). The highest BCUT2D eigenvalue weighted by Gasteiger charge is 2.04. The van der Waals surface area contributed by atoms with Crippen LogP contribution in [0, 0.1) is 13.8 Å². The maximum Gasteiger partial charge on any atom is 0.307 e. The minimum atomic E-state index is 0.124. The summed E-state index contributed by atoms with van der Waals surface area (Å²) >= 11 is 5.36. The van der Waals surface area contributed by atoms with E-state index in [1.807, 2.05) is 26.0 Å². The fraction of sp³-hybridized carbons (Fsp3) is 0.444. The Hall–Kier alpha value is -0.480. The molecule has 0 bridgehead atoms. The summed E-state index contributed by atoms with van der Waals surface area (Å²) in [4.78, 5) is 12.6. The predicted molar refractivity (Wildman–Crippen MR) is 61.0 cm³/mol. The highest BCUT2D eigenvalue weighted by atomic mass is 32.1. The van der Waals surface area contributed by atoms with Crippen LogP contribution >= 0.6 is 24.0 Å². The predicted octanol–water partition coefficient (Wildman–Crippen LogP) is 2.01. The van der Waals surface area contributed by atoms with E-state index in [0.29, 0.717) is 6.54 Å². The maximum absolute atomic E-state index is 11.4. The van der Waals surface area contributed by atoms with Gasteiger partial charge in [-0.2, -0.15) is 12.6 Å². The molecule has 0 atom stereocenters. The summed E-state index contributed by atoms with van der Waals surface area (Å²) in [6.45, 7) is 4.61. The Labute approximate surface area is 87.3 Å². The standard InChI is InChI=1S/C9H13NOS2/c1-7-8(2)13-9(11)10(7)5-3-4-6-12/h3-4,12H,5-6H2,1-2H3. The quantitative estimate of drug-likeness (QED) is 0.604. The fourth-order valence-corrected chi connectivity index (χ4v) is 2.04. The van der Waals surface area contributed by atoms with Crippen LogP contribution in [-0.4, -0.2) is 10.3 Å². The zero-order valence-electron chi connectivity index (χ0n) is 7.78. The first-order valence-corrected chi connectivity index (χ1v) is 5.54. The van der Waals surface area contributed by atoms with Gasteiger partial charge in [0, 0.05) is 22.9 Å². The summed E-state index contributed by atoms with van der Waals surface area (Å²) < 4.78 is 1.78. The van der Waals surface area contributed by atoms with Crippen LogP contribution in [0.4, 0.5) is 0 Å². The van der Waals surface area contributed by atoms with E-state index in [1.54, 1.807) is 4.57 Å². The second-order valence-corrected chi connectivity index (χ2v) is 4.31. The van der Waals surface area contributed by atoms with E-state index in [-0.39, 0.29) is 4.87 Å². The minimum Gasteiger partial charge on any atom is -0.299 e. The van der Waals surface area contributed by atoms with Crippen molar-refractivity contribution in [2.45, 2.75) is 20.4 Å². The average molecular weight is 215 g/mol. The monoisotopic (exact) mass is 215 g/mol. The van der Waals surface area contributed by atoms with Gasteiger partial charge in [0.05, 0.1) is 0 Å². The smallest absolute Gasteiger partial charge is 0.299 e. The van der Waals surface area contributed by atoms with Crippen LogP contribution in [0.1, 0.15) is 10.6 Å². The molecule has 0 radical (unpaired) electrons. The van der Waals surface area contributed by atoms with E-state index < -0.39 is 0 Å². The number of allylic oxidation sites excluding steroid dienone is 1. The Kier molecular flexibility index (Phi) is 3.81. The lowest BCUT2D eigenvalue weighted by atomic mass is 10.4. The summed E-state index contributed by atoms with van der Waals surface area (Å²) in [7, 11) is 0. The molecule has 0 fully saturated rings. The topological polar surface area (TPSA) is 22.0 Å². The molecule has 1 heterocycles. The normalized spacial score (nSPS) is 11.3. The van der Waals surface area contributed by atoms with E-state index >= 15 is 0 Å². The summed E-state index contributed by atoms with van der Waals surface area (Å²) in [5, 5.41) is 0. The lowest BCUT2D eigenvalue weighted by Gasteiger charge is -1.99. The summed E-state index contributed by atoms with van der Waals surface area (Å²) in [5.74, 6) is 0.719. The van der Waals surface area contributed by atoms with Crippen molar-refractivity contribution in [2.24, 2.45) is 0 Å². The molecule has 72 valence electrons. The molecule has 1 aromatic heterocycles. The van der Waals surface area contributed by atoms with Gasteiger partial charge in [-0.1, -0.05) is 23.5 Å². The summed E-state index contributed by atoms with van der Waals surface area (Å²) in [5.41, 5.74) is 1.07. The average Bonchev–Trinajstić information content (AvgIpc) is 2.32. The molecular weight excluding hydrogens is 202 g/mol. The number of thiol groups is 1. The SMILES string of the molecule is Cc1sc(=O)n(CC=CCS)c1C. The van der Waals surface area contributed by atoms with Gasteiger partial charge >= 0.3 is 4.87 Å². The number of rotatable bonds is 3. The molecule has 0 N–H and O–H groups in total. The molecule has 0 spiro atoms. The Morgan fingerprint density at radius 3 is 2.62 bits per heavy atom. The molecule has 0 saturated heterocycles. The molecule has 0 unspecified atom stereocenters. The van der Waals surface area contributed by atoms with Gasteiger partial charge in [0.25, 0.3) is 0 Å². The van der Waals surface area contributed by atoms with E-state index in [4.69, 9.17) is 0 Å². The van der Waals surface area contributed by atoms with Gasteiger partial charge in [-0.15, -0.1) is 0 Å². The Morgan fingerprint density at radius 2 is 2.15 bits per heavy atom. The third-order valence-corrected chi connectivity index (χ3v) is 3.14. The number of aromatic nitrogens is 1. The van der Waals surface area contributed by atoms with Crippen LogP contribution in [0.3, 0.4) is 0 Å². The van der Waals surface area contributed by atoms with Gasteiger partial charge < -0.3 is 0 Å². The molecule has 0 aliphatic rings. The highest BCUT2D eigenvalue weighted by Crippen LogP contribution is 2.08. The summed E-state index contributed by atoms with van der Waals surface area (Å²) in [6.07, 6.45) is 3.91. The number of hydrogen-bond acceptors (Lipinski definition) is 3. The third-order valence-electron chi connectivity index (χ3n) is 1.94. The molecule has 4 heteroatoms. The minimum absolute atomic E-state index is 0.124. The van der Waals surface area contributed by atoms with Gasteiger partial charge in [0.2, 0.25) is 0 Å². The summed E-state index contributed by atoms with van der Waals surface area (Å²) in [6, 6.07) is 0. The Balaban J connectivity index is 2.88. The lowest BCUT2D eigenvalue weighted by molar-refractivity contribution is 0.770. The van der Waals surface area contributed by atoms with Gasteiger partial charge in [-0.25, -0.2) is 0 Å². The van der Waals surface area contributed by atoms with E-state index in [1.165, 1.54) is 11.3 Å². The first kappa shape index (κ1) is 10.6. The maximum atomic E-state index is 11.4. The first-order chi connectivity index (χ1) is 6.16. The lowest BCUT2D eigenvalue weighted by Crippen LogP contribution is -2.13. The molecule has 0 aliphatic heterocycles. The van der Waals surface area contributed by atoms with Crippen molar-refractivity contribution in [1.82, 2.24) is 4.57 Å². The molecular formula is C9H13NOS2. The molecule has 1 aromatic rings. The number of aryl methyl sites for hydroxylation is 1. The van der Waals surface area contributed by atoms with Gasteiger partial charge in [0.15, 0.2) is 0 Å².